The number of amides is 1. The molecular formula is C12H25ClN2O. The zero-order valence-corrected chi connectivity index (χ0v) is 11.4. The molecule has 0 aliphatic carbocycles. The Hall–Kier alpha value is -0.280. The van der Waals surface area contributed by atoms with Crippen molar-refractivity contribution in [2.24, 2.45) is 23.5 Å². The fourth-order valence-corrected chi connectivity index (χ4v) is 2.20. The fourth-order valence-electron chi connectivity index (χ4n) is 2.20. The largest absolute Gasteiger partial charge is 0.342 e. The molecule has 0 saturated carbocycles. The van der Waals surface area contributed by atoms with Crippen LogP contribution in [0.3, 0.4) is 0 Å². The van der Waals surface area contributed by atoms with E-state index in [1.165, 1.54) is 0 Å². The Kier molecular flexibility index (Phi) is 7.00. The van der Waals surface area contributed by atoms with E-state index in [1.807, 2.05) is 11.8 Å². The van der Waals surface area contributed by atoms with Crippen LogP contribution >= 0.6 is 12.4 Å². The second-order valence-electron chi connectivity index (χ2n) is 5.04. The van der Waals surface area contributed by atoms with Crippen molar-refractivity contribution in [3.05, 3.63) is 0 Å². The lowest BCUT2D eigenvalue weighted by Gasteiger charge is -2.35. The maximum Gasteiger partial charge on any atom is 0.226 e. The highest BCUT2D eigenvalue weighted by Gasteiger charge is 2.26. The monoisotopic (exact) mass is 248 g/mol. The Morgan fingerprint density at radius 3 is 2.19 bits per heavy atom. The number of likely N-dealkylation sites (tertiary alicyclic amines) is 1. The summed E-state index contributed by atoms with van der Waals surface area (Å²) in [4.78, 5) is 13.8. The number of piperidine rings is 1. The van der Waals surface area contributed by atoms with E-state index in [2.05, 4.69) is 13.8 Å². The second kappa shape index (κ2) is 7.13. The van der Waals surface area contributed by atoms with Crippen molar-refractivity contribution in [2.45, 2.75) is 33.6 Å². The Morgan fingerprint density at radius 2 is 1.81 bits per heavy atom. The number of hydrogen-bond donors (Lipinski definition) is 1. The van der Waals surface area contributed by atoms with Crippen LogP contribution in [0.1, 0.15) is 33.6 Å². The van der Waals surface area contributed by atoms with Crippen molar-refractivity contribution in [2.75, 3.05) is 19.6 Å². The first-order valence-electron chi connectivity index (χ1n) is 6.05. The van der Waals surface area contributed by atoms with Gasteiger partial charge in [0.1, 0.15) is 0 Å². The maximum atomic E-state index is 11.9. The highest BCUT2D eigenvalue weighted by Crippen LogP contribution is 2.24. The van der Waals surface area contributed by atoms with Gasteiger partial charge in [0.2, 0.25) is 5.91 Å². The predicted octanol–water partition coefficient (Wildman–Crippen LogP) is 1.90. The van der Waals surface area contributed by atoms with E-state index in [0.29, 0.717) is 6.54 Å². The molecule has 0 bridgehead atoms. The van der Waals surface area contributed by atoms with Crippen molar-refractivity contribution >= 4 is 18.3 Å². The molecule has 2 N–H and O–H groups in total. The average molecular weight is 249 g/mol. The van der Waals surface area contributed by atoms with E-state index in [-0.39, 0.29) is 24.2 Å². The number of nitrogens with zero attached hydrogens (tertiary/aromatic N) is 1. The third kappa shape index (κ3) is 3.95. The predicted molar refractivity (Wildman–Crippen MR) is 69.6 cm³/mol. The van der Waals surface area contributed by atoms with Gasteiger partial charge in [0, 0.05) is 25.6 Å². The van der Waals surface area contributed by atoms with Crippen LogP contribution in [0.5, 0.6) is 0 Å². The van der Waals surface area contributed by atoms with Crippen LogP contribution < -0.4 is 5.73 Å². The highest BCUT2D eigenvalue weighted by atomic mass is 35.5. The van der Waals surface area contributed by atoms with Gasteiger partial charge in [0.15, 0.2) is 0 Å². The van der Waals surface area contributed by atoms with Crippen LogP contribution in [-0.2, 0) is 4.79 Å². The molecule has 1 aliphatic rings. The normalized spacial score (nSPS) is 19.4. The van der Waals surface area contributed by atoms with Gasteiger partial charge in [-0.1, -0.05) is 20.8 Å². The topological polar surface area (TPSA) is 46.3 Å². The van der Waals surface area contributed by atoms with Gasteiger partial charge >= 0.3 is 0 Å². The first kappa shape index (κ1) is 15.7. The molecule has 1 aliphatic heterocycles. The summed E-state index contributed by atoms with van der Waals surface area (Å²) in [7, 11) is 0. The molecule has 1 atom stereocenters. The molecule has 4 heteroatoms. The van der Waals surface area contributed by atoms with Crippen molar-refractivity contribution in [3.63, 3.8) is 0 Å². The molecule has 0 aromatic carbocycles. The Labute approximate surface area is 105 Å². The van der Waals surface area contributed by atoms with Crippen molar-refractivity contribution in [1.82, 2.24) is 4.90 Å². The summed E-state index contributed by atoms with van der Waals surface area (Å²) in [6.07, 6.45) is 2.31. The molecule has 1 amide bonds. The third-order valence-electron chi connectivity index (χ3n) is 3.57. The van der Waals surface area contributed by atoms with Crippen LogP contribution in [0, 0.1) is 17.8 Å². The summed E-state index contributed by atoms with van der Waals surface area (Å²) in [5.41, 5.74) is 5.51. The lowest BCUT2D eigenvalue weighted by molar-refractivity contribution is -0.136. The summed E-state index contributed by atoms with van der Waals surface area (Å²) in [6.45, 7) is 8.76. The number of carbonyl (C=O) groups excluding carboxylic acids is 1. The fraction of sp³-hybridized carbons (Fsp3) is 0.917. The molecule has 0 aromatic heterocycles. The molecule has 1 unspecified atom stereocenters. The van der Waals surface area contributed by atoms with Crippen molar-refractivity contribution in [1.29, 1.82) is 0 Å². The van der Waals surface area contributed by atoms with Gasteiger partial charge in [-0.05, 0) is 24.7 Å². The molecule has 1 rings (SSSR count). The first-order chi connectivity index (χ1) is 7.06. The lowest BCUT2D eigenvalue weighted by Crippen LogP contribution is -2.43. The van der Waals surface area contributed by atoms with Crippen molar-refractivity contribution in [3.8, 4) is 0 Å². The summed E-state index contributed by atoms with van der Waals surface area (Å²) in [5, 5.41) is 0. The summed E-state index contributed by atoms with van der Waals surface area (Å²) >= 11 is 0. The van der Waals surface area contributed by atoms with Gasteiger partial charge in [0.05, 0.1) is 0 Å². The Balaban J connectivity index is 0.00000225. The minimum atomic E-state index is -0.0133. The number of nitrogens with two attached hydrogens (primary N) is 1. The molecule has 1 saturated heterocycles. The molecule has 0 radical (unpaired) electrons. The zero-order chi connectivity index (χ0) is 11.4. The molecule has 0 spiro atoms. The number of hydrogen-bond acceptors (Lipinski definition) is 2. The number of rotatable bonds is 3. The van der Waals surface area contributed by atoms with Gasteiger partial charge in [-0.3, -0.25) is 4.79 Å². The third-order valence-corrected chi connectivity index (χ3v) is 3.57. The molecule has 1 heterocycles. The quantitative estimate of drug-likeness (QED) is 0.829. The first-order valence-corrected chi connectivity index (χ1v) is 6.05. The molecular weight excluding hydrogens is 224 g/mol. The van der Waals surface area contributed by atoms with Crippen LogP contribution in [0.25, 0.3) is 0 Å². The van der Waals surface area contributed by atoms with Gasteiger partial charge in [-0.15, -0.1) is 12.4 Å². The van der Waals surface area contributed by atoms with Gasteiger partial charge in [0.25, 0.3) is 0 Å². The standard InChI is InChI=1S/C12H24N2O.ClH/c1-9(2)11-4-6-14(7-5-11)12(15)10(3)8-13;/h9-11H,4-8,13H2,1-3H3;1H. The minimum Gasteiger partial charge on any atom is -0.342 e. The van der Waals surface area contributed by atoms with Crippen LogP contribution in [0.15, 0.2) is 0 Å². The van der Waals surface area contributed by atoms with Crippen LogP contribution in [0.2, 0.25) is 0 Å². The van der Waals surface area contributed by atoms with E-state index in [9.17, 15) is 4.79 Å². The highest BCUT2D eigenvalue weighted by molar-refractivity contribution is 5.85. The van der Waals surface area contributed by atoms with Gasteiger partial charge in [-0.25, -0.2) is 0 Å². The molecule has 16 heavy (non-hydrogen) atoms. The minimum absolute atomic E-state index is 0. The number of halogens is 1. The van der Waals surface area contributed by atoms with Crippen molar-refractivity contribution < 1.29 is 4.79 Å². The molecule has 96 valence electrons. The van der Waals surface area contributed by atoms with E-state index in [4.69, 9.17) is 5.73 Å². The average Bonchev–Trinajstić information content (AvgIpc) is 2.27. The summed E-state index contributed by atoms with van der Waals surface area (Å²) in [5.74, 6) is 1.76. The van der Waals surface area contributed by atoms with E-state index in [1.54, 1.807) is 0 Å². The van der Waals surface area contributed by atoms with Gasteiger partial charge in [-0.2, -0.15) is 0 Å². The number of carbonyl (C=O) groups is 1. The molecule has 0 aromatic rings. The zero-order valence-electron chi connectivity index (χ0n) is 10.6. The summed E-state index contributed by atoms with van der Waals surface area (Å²) < 4.78 is 0. The van der Waals surface area contributed by atoms with Crippen LogP contribution in [0.4, 0.5) is 0 Å². The van der Waals surface area contributed by atoms with E-state index < -0.39 is 0 Å². The van der Waals surface area contributed by atoms with E-state index >= 15 is 0 Å². The molecule has 3 nitrogen and oxygen atoms in total. The van der Waals surface area contributed by atoms with Gasteiger partial charge < -0.3 is 10.6 Å². The van der Waals surface area contributed by atoms with E-state index in [0.717, 1.165) is 37.8 Å². The lowest BCUT2D eigenvalue weighted by atomic mass is 9.86. The maximum absolute atomic E-state index is 11.9. The summed E-state index contributed by atoms with van der Waals surface area (Å²) in [6, 6.07) is 0. The molecule has 1 fully saturated rings. The van der Waals surface area contributed by atoms with Crippen LogP contribution in [-0.4, -0.2) is 30.4 Å². The SMILES string of the molecule is CC(CN)C(=O)N1CCC(C(C)C)CC1.Cl. The smallest absolute Gasteiger partial charge is 0.226 e. The Morgan fingerprint density at radius 1 is 1.31 bits per heavy atom. The second-order valence-corrected chi connectivity index (χ2v) is 5.04. The Bertz CT molecular complexity index is 213.